The van der Waals surface area contributed by atoms with E-state index in [1.54, 1.807) is 0 Å². The molecule has 0 aliphatic heterocycles. The Hall–Kier alpha value is -4.31. The smallest absolute Gasteiger partial charge is 0.306 e. The number of allylic oxidation sites excluding steroid dienone is 20. The van der Waals surface area contributed by atoms with Crippen LogP contribution < -0.4 is 5.11 Å². The van der Waals surface area contributed by atoms with Gasteiger partial charge in [0.1, 0.15) is 13.2 Å². The lowest BCUT2D eigenvalue weighted by Gasteiger charge is -2.26. The second-order valence-corrected chi connectivity index (χ2v) is 28.3. The fourth-order valence-electron chi connectivity index (χ4n) is 11.6. The number of nitrogens with zero attached hydrogens (tertiary/aromatic N) is 1. The summed E-state index contributed by atoms with van der Waals surface area (Å²) in [5.74, 6) is -2.34. The summed E-state index contributed by atoms with van der Waals surface area (Å²) < 4.78 is 22.8. The summed E-state index contributed by atoms with van der Waals surface area (Å²) >= 11 is 0. The van der Waals surface area contributed by atoms with Gasteiger partial charge in [0.25, 0.3) is 0 Å². The number of unbranched alkanes of at least 4 members (excludes halogenated alkanes) is 40. The average Bonchev–Trinajstić information content (AvgIpc) is 2.59. The van der Waals surface area contributed by atoms with Gasteiger partial charge in [-0.25, -0.2) is 0 Å². The molecule has 97 heavy (non-hydrogen) atoms. The standard InChI is InChI=1S/C88H153NO8/c1-6-8-10-12-14-16-18-20-22-24-26-28-30-32-34-36-38-40-41-42-43-44-45-47-48-50-52-54-56-58-60-62-64-66-68-70-72-74-76-78-85(90)95-82-84(83-96-88(87(92)93)94-81-80-89(3,4)5)97-86(91)79-77-75-73-71-69-67-65-63-61-59-57-55-53-51-49-46-39-37-35-33-31-29-27-25-23-21-19-17-15-13-11-9-7-2/h9,11,15,17,21,23,27,29,33,35,39,46,51,53,57,59,63,65,69,71,84,88H,6-8,10,12-14,16,18-20,22,24-26,28,30-32,34,36-38,40-45,47-50,52,54-56,58,60-62,64,66-68,70,72-83H2,1-5H3/b11-9-,17-15-,23-21-,29-27-,35-33-,46-39-,53-51-,59-57-,65-63-,71-69-. The molecule has 0 heterocycles. The van der Waals surface area contributed by atoms with E-state index in [2.05, 4.69) is 135 Å². The maximum Gasteiger partial charge on any atom is 0.306 e. The van der Waals surface area contributed by atoms with Crippen molar-refractivity contribution >= 4 is 17.9 Å². The molecule has 558 valence electrons. The minimum absolute atomic E-state index is 0.134. The second-order valence-electron chi connectivity index (χ2n) is 28.3. The summed E-state index contributed by atoms with van der Waals surface area (Å²) in [4.78, 5) is 37.6. The normalized spacial score (nSPS) is 13.3. The third kappa shape index (κ3) is 78.9. The molecule has 0 saturated heterocycles. The first-order valence-corrected chi connectivity index (χ1v) is 40.7. The molecular formula is C88H153NO8. The van der Waals surface area contributed by atoms with Crippen molar-refractivity contribution in [2.24, 2.45) is 0 Å². The quantitative estimate of drug-likeness (QED) is 0.0195. The van der Waals surface area contributed by atoms with Crippen LogP contribution in [0.2, 0.25) is 0 Å². The van der Waals surface area contributed by atoms with E-state index < -0.39 is 24.3 Å². The van der Waals surface area contributed by atoms with Gasteiger partial charge in [0.15, 0.2) is 12.4 Å². The van der Waals surface area contributed by atoms with Crippen LogP contribution in [0.15, 0.2) is 122 Å². The lowest BCUT2D eigenvalue weighted by atomic mass is 10.0. The summed E-state index contributed by atoms with van der Waals surface area (Å²) in [5, 5.41) is 11.9. The topological polar surface area (TPSA) is 111 Å². The zero-order valence-corrected chi connectivity index (χ0v) is 63.9. The van der Waals surface area contributed by atoms with Crippen LogP contribution in [0.1, 0.15) is 361 Å². The Morgan fingerprint density at radius 3 is 0.876 bits per heavy atom. The molecule has 0 N–H and O–H groups in total. The third-order valence-corrected chi connectivity index (χ3v) is 17.7. The van der Waals surface area contributed by atoms with E-state index in [1.165, 1.54) is 231 Å². The van der Waals surface area contributed by atoms with Gasteiger partial charge in [0, 0.05) is 12.8 Å². The van der Waals surface area contributed by atoms with Crippen molar-refractivity contribution < 1.29 is 42.9 Å². The van der Waals surface area contributed by atoms with Gasteiger partial charge in [-0.3, -0.25) is 9.59 Å². The summed E-state index contributed by atoms with van der Waals surface area (Å²) in [6.45, 7) is 4.62. The molecule has 2 atom stereocenters. The van der Waals surface area contributed by atoms with Crippen LogP contribution in [-0.2, 0) is 33.3 Å². The molecule has 2 unspecified atom stereocenters. The van der Waals surface area contributed by atoms with Crippen molar-refractivity contribution in [1.29, 1.82) is 0 Å². The molecule has 0 aliphatic carbocycles. The molecule has 9 nitrogen and oxygen atoms in total. The number of carbonyl (C=O) groups excluding carboxylic acids is 3. The largest absolute Gasteiger partial charge is 0.545 e. The fraction of sp³-hybridized carbons (Fsp3) is 0.739. The van der Waals surface area contributed by atoms with Gasteiger partial charge >= 0.3 is 11.9 Å². The van der Waals surface area contributed by atoms with Gasteiger partial charge in [-0.2, -0.15) is 0 Å². The number of esters is 2. The van der Waals surface area contributed by atoms with Crippen LogP contribution in [0.25, 0.3) is 0 Å². The number of hydrogen-bond donors (Lipinski definition) is 0. The van der Waals surface area contributed by atoms with Crippen LogP contribution in [0, 0.1) is 0 Å². The molecule has 0 aliphatic rings. The van der Waals surface area contributed by atoms with Gasteiger partial charge in [0.05, 0.1) is 40.3 Å². The van der Waals surface area contributed by atoms with Crippen molar-refractivity contribution in [3.05, 3.63) is 122 Å². The molecular weight excluding hydrogens is 1200 g/mol. The maximum absolute atomic E-state index is 12.9. The predicted octanol–water partition coefficient (Wildman–Crippen LogP) is 24.9. The Labute approximate surface area is 599 Å². The molecule has 0 aromatic carbocycles. The molecule has 0 saturated carbocycles. The predicted molar refractivity (Wildman–Crippen MR) is 417 cm³/mol. The monoisotopic (exact) mass is 1350 g/mol. The van der Waals surface area contributed by atoms with Crippen molar-refractivity contribution in [3.63, 3.8) is 0 Å². The van der Waals surface area contributed by atoms with Gasteiger partial charge in [-0.1, -0.05) is 379 Å². The van der Waals surface area contributed by atoms with E-state index in [-0.39, 0.29) is 38.6 Å². The number of carboxylic acid groups (broad SMARTS) is 1. The molecule has 0 radical (unpaired) electrons. The summed E-state index contributed by atoms with van der Waals surface area (Å²) in [7, 11) is 5.92. The van der Waals surface area contributed by atoms with Gasteiger partial charge in [0.2, 0.25) is 0 Å². The van der Waals surface area contributed by atoms with E-state index in [0.717, 1.165) is 96.3 Å². The van der Waals surface area contributed by atoms with Crippen LogP contribution >= 0.6 is 0 Å². The number of ether oxygens (including phenoxy) is 4. The first-order valence-electron chi connectivity index (χ1n) is 40.7. The summed E-state index contributed by atoms with van der Waals surface area (Å²) in [5.41, 5.74) is 0. The zero-order chi connectivity index (χ0) is 70.4. The van der Waals surface area contributed by atoms with Gasteiger partial charge in [-0.05, 0) is 89.9 Å². The summed E-state index contributed by atoms with van der Waals surface area (Å²) in [6.07, 6.45) is 108. The zero-order valence-electron chi connectivity index (χ0n) is 63.9. The minimum Gasteiger partial charge on any atom is -0.545 e. The van der Waals surface area contributed by atoms with E-state index in [1.807, 2.05) is 21.1 Å². The SMILES string of the molecule is CC/C=C\C/C=C\C/C=C\C/C=C\C/C=C\C/C=C\C/C=C\C/C=C\C/C=C\C/C=C\CCCCC(=O)OC(COC(=O)CCCCCCCCCCCCCCCCCCCCCCCCCCCCCCCCCCCCCCCCC)COC(OCC[N+](C)(C)C)C(=O)[O-]. The molecule has 0 fully saturated rings. The molecule has 0 aromatic rings. The van der Waals surface area contributed by atoms with Crippen molar-refractivity contribution in [3.8, 4) is 0 Å². The molecule has 0 rings (SSSR count). The van der Waals surface area contributed by atoms with Gasteiger partial charge < -0.3 is 33.3 Å². The Morgan fingerprint density at radius 2 is 0.588 bits per heavy atom. The Balaban J connectivity index is 4.08. The number of hydrogen-bond acceptors (Lipinski definition) is 8. The molecule has 0 bridgehead atoms. The number of carboxylic acids is 1. The van der Waals surface area contributed by atoms with Crippen LogP contribution in [0.4, 0.5) is 0 Å². The first-order chi connectivity index (χ1) is 47.6. The summed E-state index contributed by atoms with van der Waals surface area (Å²) in [6, 6.07) is 0. The average molecular weight is 1350 g/mol. The Bertz CT molecular complexity index is 2020. The number of aliphatic carboxylic acids is 1. The minimum atomic E-state index is -1.64. The van der Waals surface area contributed by atoms with Crippen molar-refractivity contribution in [1.82, 2.24) is 0 Å². The van der Waals surface area contributed by atoms with Gasteiger partial charge in [-0.15, -0.1) is 0 Å². The molecule has 0 amide bonds. The second kappa shape index (κ2) is 77.4. The Kier molecular flexibility index (Phi) is 74.0. The number of quaternary nitrogens is 1. The van der Waals surface area contributed by atoms with Crippen LogP contribution in [0.5, 0.6) is 0 Å². The van der Waals surface area contributed by atoms with Crippen LogP contribution in [-0.4, -0.2) is 82.3 Å². The molecule has 0 aromatic heterocycles. The van der Waals surface area contributed by atoms with E-state index in [9.17, 15) is 19.5 Å². The fourth-order valence-corrected chi connectivity index (χ4v) is 11.6. The number of rotatable bonds is 75. The first kappa shape index (κ1) is 92.7. The third-order valence-electron chi connectivity index (χ3n) is 17.7. The number of carbonyl (C=O) groups is 3. The molecule has 9 heteroatoms. The maximum atomic E-state index is 12.9. The van der Waals surface area contributed by atoms with Crippen molar-refractivity contribution in [2.75, 3.05) is 47.5 Å². The highest BCUT2D eigenvalue weighted by Crippen LogP contribution is 2.19. The van der Waals surface area contributed by atoms with E-state index >= 15 is 0 Å². The molecule has 0 spiro atoms. The lowest BCUT2D eigenvalue weighted by molar-refractivity contribution is -0.870. The highest BCUT2D eigenvalue weighted by molar-refractivity contribution is 5.70. The highest BCUT2D eigenvalue weighted by Gasteiger charge is 2.22. The van der Waals surface area contributed by atoms with E-state index in [4.69, 9.17) is 18.9 Å². The highest BCUT2D eigenvalue weighted by atomic mass is 16.7. The number of likely N-dealkylation sites (N-methyl/N-ethyl adjacent to an activating group) is 1. The van der Waals surface area contributed by atoms with Crippen LogP contribution in [0.3, 0.4) is 0 Å². The van der Waals surface area contributed by atoms with Crippen molar-refractivity contribution in [2.45, 2.75) is 373 Å². The Morgan fingerprint density at radius 1 is 0.320 bits per heavy atom. The van der Waals surface area contributed by atoms with E-state index in [0.29, 0.717) is 17.4 Å². The lowest BCUT2D eigenvalue weighted by Crippen LogP contribution is -2.44.